The second-order valence-corrected chi connectivity index (χ2v) is 4.94. The average Bonchev–Trinajstić information content (AvgIpc) is 2.66. The third kappa shape index (κ3) is 1.99. The number of para-hydroxylation sites is 1. The van der Waals surface area contributed by atoms with E-state index in [9.17, 15) is 4.39 Å². The third-order valence-corrected chi connectivity index (χ3v) is 3.59. The Morgan fingerprint density at radius 1 is 1.17 bits per heavy atom. The van der Waals surface area contributed by atoms with E-state index >= 15 is 0 Å². The van der Waals surface area contributed by atoms with E-state index in [1.54, 1.807) is 12.1 Å². The summed E-state index contributed by atoms with van der Waals surface area (Å²) in [6.45, 7) is 3.00. The maximum atomic E-state index is 13.2. The molecule has 92 valence electrons. The van der Waals surface area contributed by atoms with Crippen molar-refractivity contribution < 1.29 is 4.39 Å². The van der Waals surface area contributed by atoms with Gasteiger partial charge in [-0.15, -0.1) is 0 Å². The minimum Gasteiger partial charge on any atom is -0.364 e. The summed E-state index contributed by atoms with van der Waals surface area (Å²) < 4.78 is 13.2. The molecule has 18 heavy (non-hydrogen) atoms. The van der Waals surface area contributed by atoms with Gasteiger partial charge in [-0.25, -0.2) is 4.39 Å². The van der Waals surface area contributed by atoms with Crippen molar-refractivity contribution in [3.63, 3.8) is 0 Å². The van der Waals surface area contributed by atoms with E-state index < -0.39 is 0 Å². The summed E-state index contributed by atoms with van der Waals surface area (Å²) in [6.07, 6.45) is 1.07. The van der Waals surface area contributed by atoms with Gasteiger partial charge in [0, 0.05) is 18.3 Å². The van der Waals surface area contributed by atoms with Crippen LogP contribution >= 0.6 is 0 Å². The molecule has 0 saturated heterocycles. The third-order valence-electron chi connectivity index (χ3n) is 3.59. The van der Waals surface area contributed by atoms with Gasteiger partial charge < -0.3 is 4.90 Å². The molecule has 1 unspecified atom stereocenters. The van der Waals surface area contributed by atoms with E-state index in [0.29, 0.717) is 6.04 Å². The van der Waals surface area contributed by atoms with Crippen LogP contribution in [0.1, 0.15) is 18.1 Å². The Labute approximate surface area is 107 Å². The average molecular weight is 241 g/mol. The maximum absolute atomic E-state index is 13.2. The van der Waals surface area contributed by atoms with E-state index in [1.807, 2.05) is 6.07 Å². The van der Waals surface area contributed by atoms with E-state index in [1.165, 1.54) is 17.3 Å². The zero-order valence-electron chi connectivity index (χ0n) is 10.4. The molecule has 1 atom stereocenters. The van der Waals surface area contributed by atoms with Gasteiger partial charge in [0.15, 0.2) is 0 Å². The maximum Gasteiger partial charge on any atom is 0.123 e. The number of halogens is 1. The molecule has 3 rings (SSSR count). The standard InChI is InChI=1S/C16H16FN/c1-12-9-14-6-2-3-8-16(14)18(12)11-13-5-4-7-15(17)10-13/h2-8,10,12H,9,11H2,1H3. The molecular weight excluding hydrogens is 225 g/mol. The van der Waals surface area contributed by atoms with Gasteiger partial charge in [-0.2, -0.15) is 0 Å². The molecule has 1 heterocycles. The number of rotatable bonds is 2. The van der Waals surface area contributed by atoms with Crippen molar-refractivity contribution in [1.29, 1.82) is 0 Å². The fourth-order valence-electron chi connectivity index (χ4n) is 2.70. The van der Waals surface area contributed by atoms with Crippen molar-refractivity contribution in [3.8, 4) is 0 Å². The molecule has 0 spiro atoms. The second-order valence-electron chi connectivity index (χ2n) is 4.94. The molecule has 0 saturated carbocycles. The van der Waals surface area contributed by atoms with Crippen LogP contribution in [-0.2, 0) is 13.0 Å². The van der Waals surface area contributed by atoms with Crippen LogP contribution in [0.5, 0.6) is 0 Å². The number of benzene rings is 2. The van der Waals surface area contributed by atoms with Crippen molar-refractivity contribution >= 4 is 5.69 Å². The van der Waals surface area contributed by atoms with Crippen LogP contribution in [-0.4, -0.2) is 6.04 Å². The van der Waals surface area contributed by atoms with Crippen LogP contribution < -0.4 is 4.90 Å². The van der Waals surface area contributed by atoms with Crippen LogP contribution in [0.3, 0.4) is 0 Å². The zero-order valence-corrected chi connectivity index (χ0v) is 10.4. The quantitative estimate of drug-likeness (QED) is 0.773. The molecular formula is C16H16FN. The summed E-state index contributed by atoms with van der Waals surface area (Å²) in [5, 5.41) is 0. The molecule has 2 aromatic rings. The summed E-state index contributed by atoms with van der Waals surface area (Å²) in [4.78, 5) is 2.35. The first-order chi connectivity index (χ1) is 8.74. The van der Waals surface area contributed by atoms with Gasteiger partial charge in [0.2, 0.25) is 0 Å². The zero-order chi connectivity index (χ0) is 12.5. The highest BCUT2D eigenvalue weighted by molar-refractivity contribution is 5.59. The molecule has 0 aliphatic carbocycles. The summed E-state index contributed by atoms with van der Waals surface area (Å²) in [5.74, 6) is -0.160. The topological polar surface area (TPSA) is 3.24 Å². The van der Waals surface area contributed by atoms with Gasteiger partial charge in [-0.05, 0) is 42.7 Å². The smallest absolute Gasteiger partial charge is 0.123 e. The number of nitrogens with zero attached hydrogens (tertiary/aromatic N) is 1. The first kappa shape index (κ1) is 11.3. The molecule has 2 heteroatoms. The van der Waals surface area contributed by atoms with Crippen molar-refractivity contribution in [2.45, 2.75) is 25.9 Å². The minimum atomic E-state index is -0.160. The summed E-state index contributed by atoms with van der Waals surface area (Å²) in [7, 11) is 0. The van der Waals surface area contributed by atoms with E-state index in [2.05, 4.69) is 36.1 Å². The lowest BCUT2D eigenvalue weighted by molar-refractivity contribution is 0.621. The van der Waals surface area contributed by atoms with Crippen LogP contribution in [0.4, 0.5) is 10.1 Å². The number of hydrogen-bond donors (Lipinski definition) is 0. The van der Waals surface area contributed by atoms with Gasteiger partial charge in [0.1, 0.15) is 5.82 Å². The summed E-state index contributed by atoms with van der Waals surface area (Å²) >= 11 is 0. The fraction of sp³-hybridized carbons (Fsp3) is 0.250. The number of hydrogen-bond acceptors (Lipinski definition) is 1. The van der Waals surface area contributed by atoms with E-state index in [4.69, 9.17) is 0 Å². The lowest BCUT2D eigenvalue weighted by Gasteiger charge is -2.25. The van der Waals surface area contributed by atoms with Crippen LogP contribution in [0.15, 0.2) is 48.5 Å². The van der Waals surface area contributed by atoms with Crippen molar-refractivity contribution in [3.05, 3.63) is 65.5 Å². The van der Waals surface area contributed by atoms with Crippen molar-refractivity contribution in [1.82, 2.24) is 0 Å². The Morgan fingerprint density at radius 3 is 2.83 bits per heavy atom. The van der Waals surface area contributed by atoms with Crippen LogP contribution in [0, 0.1) is 5.82 Å². The van der Waals surface area contributed by atoms with Crippen LogP contribution in [0.25, 0.3) is 0 Å². The first-order valence-electron chi connectivity index (χ1n) is 6.33. The van der Waals surface area contributed by atoms with Gasteiger partial charge in [0.05, 0.1) is 0 Å². The lowest BCUT2D eigenvalue weighted by atomic mass is 10.1. The Morgan fingerprint density at radius 2 is 2.00 bits per heavy atom. The van der Waals surface area contributed by atoms with Gasteiger partial charge >= 0.3 is 0 Å². The van der Waals surface area contributed by atoms with Crippen molar-refractivity contribution in [2.75, 3.05) is 4.90 Å². The Bertz CT molecular complexity index is 565. The van der Waals surface area contributed by atoms with Gasteiger partial charge in [0.25, 0.3) is 0 Å². The molecule has 0 aromatic heterocycles. The Hall–Kier alpha value is -1.83. The van der Waals surface area contributed by atoms with Crippen LogP contribution in [0.2, 0.25) is 0 Å². The molecule has 2 aromatic carbocycles. The molecule has 0 fully saturated rings. The fourth-order valence-corrected chi connectivity index (χ4v) is 2.70. The molecule has 1 aliphatic rings. The highest BCUT2D eigenvalue weighted by atomic mass is 19.1. The minimum absolute atomic E-state index is 0.160. The monoisotopic (exact) mass is 241 g/mol. The second kappa shape index (κ2) is 4.45. The van der Waals surface area contributed by atoms with E-state index in [-0.39, 0.29) is 5.82 Å². The van der Waals surface area contributed by atoms with Gasteiger partial charge in [-0.1, -0.05) is 30.3 Å². The highest BCUT2D eigenvalue weighted by Crippen LogP contribution is 2.32. The molecule has 0 bridgehead atoms. The molecule has 1 nitrogen and oxygen atoms in total. The molecule has 0 N–H and O–H groups in total. The first-order valence-corrected chi connectivity index (χ1v) is 6.33. The van der Waals surface area contributed by atoms with Gasteiger partial charge in [-0.3, -0.25) is 0 Å². The number of anilines is 1. The normalized spacial score (nSPS) is 17.9. The summed E-state index contributed by atoms with van der Waals surface area (Å²) in [5.41, 5.74) is 3.70. The predicted molar refractivity (Wildman–Crippen MR) is 72.2 cm³/mol. The molecule has 0 amide bonds. The Kier molecular flexibility index (Phi) is 2.78. The number of fused-ring (bicyclic) bond motifs is 1. The summed E-state index contributed by atoms with van der Waals surface area (Å²) in [6, 6.07) is 15.8. The molecule has 0 radical (unpaired) electrons. The SMILES string of the molecule is CC1Cc2ccccc2N1Cc1cccc(F)c1. The van der Waals surface area contributed by atoms with E-state index in [0.717, 1.165) is 18.5 Å². The lowest BCUT2D eigenvalue weighted by Crippen LogP contribution is -2.28. The van der Waals surface area contributed by atoms with Crippen molar-refractivity contribution in [2.24, 2.45) is 0 Å². The molecule has 1 aliphatic heterocycles. The predicted octanol–water partition coefficient (Wildman–Crippen LogP) is 3.78. The Balaban J connectivity index is 1.89. The largest absolute Gasteiger partial charge is 0.364 e. The highest BCUT2D eigenvalue weighted by Gasteiger charge is 2.25.